The van der Waals surface area contributed by atoms with Crippen LogP contribution in [0.1, 0.15) is 43.5 Å². The quantitative estimate of drug-likeness (QED) is 0.908. The molecule has 2 rings (SSSR count). The van der Waals surface area contributed by atoms with E-state index in [9.17, 15) is 10.1 Å². The van der Waals surface area contributed by atoms with Crippen molar-refractivity contribution in [2.75, 3.05) is 18.0 Å². The first-order valence-corrected chi connectivity index (χ1v) is 7.38. The molecule has 0 spiro atoms. The average molecular weight is 288 g/mol. The van der Waals surface area contributed by atoms with Gasteiger partial charge in [-0.3, -0.25) is 4.79 Å². The largest absolute Gasteiger partial charge is 0.481 e. The Kier molecular flexibility index (Phi) is 4.73. The normalized spacial score (nSPS) is 15.8. The fourth-order valence-corrected chi connectivity index (χ4v) is 2.84. The maximum Gasteiger partial charge on any atom is 0.306 e. The summed E-state index contributed by atoms with van der Waals surface area (Å²) in [6.07, 6.45) is 2.67. The fourth-order valence-electron chi connectivity index (χ4n) is 2.84. The highest BCUT2D eigenvalue weighted by molar-refractivity contribution is 5.70. The highest BCUT2D eigenvalue weighted by atomic mass is 16.4. The summed E-state index contributed by atoms with van der Waals surface area (Å²) >= 11 is 0. The first-order valence-electron chi connectivity index (χ1n) is 7.38. The average Bonchev–Trinajstić information content (AvgIpc) is 2.53. The number of nitriles is 1. The third-order valence-electron chi connectivity index (χ3n) is 4.08. The van der Waals surface area contributed by atoms with Crippen molar-refractivity contribution in [2.45, 2.75) is 39.5 Å². The molecule has 0 amide bonds. The Hall–Kier alpha value is -2.16. The van der Waals surface area contributed by atoms with Gasteiger partial charge in [-0.25, -0.2) is 0 Å². The summed E-state index contributed by atoms with van der Waals surface area (Å²) in [5.74, 6) is -0.424. The van der Waals surface area contributed by atoms with Crippen LogP contribution in [0.2, 0.25) is 0 Å². The van der Waals surface area contributed by atoms with Crippen molar-refractivity contribution in [3.05, 3.63) is 16.8 Å². The van der Waals surface area contributed by atoms with Gasteiger partial charge in [0.2, 0.25) is 0 Å². The Balaban J connectivity index is 2.29. The van der Waals surface area contributed by atoms with E-state index in [1.165, 1.54) is 0 Å². The third kappa shape index (κ3) is 2.97. The number of aromatic nitrogens is 2. The molecule has 1 aliphatic rings. The molecule has 1 aromatic rings. The van der Waals surface area contributed by atoms with Gasteiger partial charge in [-0.05, 0) is 31.2 Å². The Morgan fingerprint density at radius 1 is 1.33 bits per heavy atom. The lowest BCUT2D eigenvalue weighted by Crippen LogP contribution is -2.37. The number of carboxylic acids is 1. The number of hydrogen-bond donors (Lipinski definition) is 1. The van der Waals surface area contributed by atoms with Crippen LogP contribution >= 0.6 is 0 Å². The standard InChI is InChI=1S/C15H20N4O2/c1-3-11-12(9-16)14(18-17-13(11)4-2)19-7-5-10(6-8-19)15(20)21/h10H,3-8H2,1-2H3,(H,20,21). The number of aliphatic carboxylic acids is 1. The molecule has 6 nitrogen and oxygen atoms in total. The lowest BCUT2D eigenvalue weighted by molar-refractivity contribution is -0.142. The molecule has 0 bridgehead atoms. The molecule has 2 heterocycles. The summed E-state index contributed by atoms with van der Waals surface area (Å²) in [7, 11) is 0. The second-order valence-corrected chi connectivity index (χ2v) is 5.24. The van der Waals surface area contributed by atoms with Crippen molar-refractivity contribution >= 4 is 11.8 Å². The van der Waals surface area contributed by atoms with E-state index >= 15 is 0 Å². The smallest absolute Gasteiger partial charge is 0.306 e. The minimum absolute atomic E-state index is 0.291. The van der Waals surface area contributed by atoms with Crippen molar-refractivity contribution in [3.63, 3.8) is 0 Å². The highest BCUT2D eigenvalue weighted by Gasteiger charge is 2.27. The van der Waals surface area contributed by atoms with Gasteiger partial charge in [-0.1, -0.05) is 13.8 Å². The summed E-state index contributed by atoms with van der Waals surface area (Å²) in [4.78, 5) is 13.0. The molecule has 1 aromatic heterocycles. The molecule has 1 N–H and O–H groups in total. The molecule has 6 heteroatoms. The Morgan fingerprint density at radius 2 is 2.00 bits per heavy atom. The van der Waals surface area contributed by atoms with Gasteiger partial charge in [0.25, 0.3) is 0 Å². The van der Waals surface area contributed by atoms with Crippen LogP contribution in [0.15, 0.2) is 0 Å². The third-order valence-corrected chi connectivity index (χ3v) is 4.08. The maximum atomic E-state index is 11.0. The topological polar surface area (TPSA) is 90.1 Å². The maximum absolute atomic E-state index is 11.0. The monoisotopic (exact) mass is 288 g/mol. The first kappa shape index (κ1) is 15.2. The van der Waals surface area contributed by atoms with Gasteiger partial charge in [0.05, 0.1) is 11.6 Å². The molecule has 112 valence electrons. The number of piperidine rings is 1. The molecular weight excluding hydrogens is 268 g/mol. The van der Waals surface area contributed by atoms with Crippen molar-refractivity contribution in [1.29, 1.82) is 5.26 Å². The molecule has 0 atom stereocenters. The minimum atomic E-state index is -0.739. The number of hydrogen-bond acceptors (Lipinski definition) is 5. The van der Waals surface area contributed by atoms with Gasteiger partial charge >= 0.3 is 5.97 Å². The van der Waals surface area contributed by atoms with Crippen LogP contribution in [0.3, 0.4) is 0 Å². The van der Waals surface area contributed by atoms with Crippen LogP contribution in [-0.2, 0) is 17.6 Å². The lowest BCUT2D eigenvalue weighted by atomic mass is 9.96. The predicted molar refractivity (Wildman–Crippen MR) is 78.1 cm³/mol. The van der Waals surface area contributed by atoms with Crippen LogP contribution < -0.4 is 4.90 Å². The molecule has 0 aliphatic carbocycles. The molecule has 0 unspecified atom stereocenters. The predicted octanol–water partition coefficient (Wildman–Crippen LogP) is 1.77. The molecular formula is C15H20N4O2. The molecule has 0 saturated carbocycles. The van der Waals surface area contributed by atoms with Crippen LogP contribution in [0, 0.1) is 17.2 Å². The van der Waals surface area contributed by atoms with E-state index in [1.807, 2.05) is 18.7 Å². The fraction of sp³-hybridized carbons (Fsp3) is 0.600. The molecule has 1 saturated heterocycles. The van der Waals surface area contributed by atoms with Crippen molar-refractivity contribution in [2.24, 2.45) is 5.92 Å². The van der Waals surface area contributed by atoms with Gasteiger partial charge in [-0.2, -0.15) is 10.4 Å². The minimum Gasteiger partial charge on any atom is -0.481 e. The molecule has 21 heavy (non-hydrogen) atoms. The van der Waals surface area contributed by atoms with Crippen LogP contribution in [0.5, 0.6) is 0 Å². The van der Waals surface area contributed by atoms with Gasteiger partial charge in [0.1, 0.15) is 11.6 Å². The molecule has 0 aromatic carbocycles. The van der Waals surface area contributed by atoms with E-state index in [0.717, 1.165) is 24.1 Å². The van der Waals surface area contributed by atoms with E-state index in [-0.39, 0.29) is 5.92 Å². The van der Waals surface area contributed by atoms with Crippen molar-refractivity contribution in [3.8, 4) is 6.07 Å². The zero-order valence-corrected chi connectivity index (χ0v) is 12.5. The van der Waals surface area contributed by atoms with E-state index in [1.54, 1.807) is 0 Å². The van der Waals surface area contributed by atoms with Crippen LogP contribution in [-0.4, -0.2) is 34.4 Å². The summed E-state index contributed by atoms with van der Waals surface area (Å²) in [5, 5.41) is 27.0. The number of carboxylic acid groups (broad SMARTS) is 1. The Labute approximate surface area is 124 Å². The zero-order chi connectivity index (χ0) is 15.4. The number of nitrogens with zero attached hydrogens (tertiary/aromatic N) is 4. The highest BCUT2D eigenvalue weighted by Crippen LogP contribution is 2.27. The van der Waals surface area contributed by atoms with E-state index in [2.05, 4.69) is 16.3 Å². The number of carbonyl (C=O) groups is 1. The van der Waals surface area contributed by atoms with E-state index in [0.29, 0.717) is 37.3 Å². The summed E-state index contributed by atoms with van der Waals surface area (Å²) in [6.45, 7) is 5.23. The van der Waals surface area contributed by atoms with E-state index < -0.39 is 5.97 Å². The Morgan fingerprint density at radius 3 is 2.48 bits per heavy atom. The second-order valence-electron chi connectivity index (χ2n) is 5.24. The number of aryl methyl sites for hydroxylation is 1. The summed E-state index contributed by atoms with van der Waals surface area (Å²) in [5.41, 5.74) is 2.43. The molecule has 0 radical (unpaired) electrons. The zero-order valence-electron chi connectivity index (χ0n) is 12.5. The van der Waals surface area contributed by atoms with Gasteiger partial charge in [0.15, 0.2) is 5.82 Å². The first-order chi connectivity index (χ1) is 10.1. The van der Waals surface area contributed by atoms with Crippen molar-refractivity contribution < 1.29 is 9.90 Å². The van der Waals surface area contributed by atoms with Gasteiger partial charge < -0.3 is 10.0 Å². The number of anilines is 1. The summed E-state index contributed by atoms with van der Waals surface area (Å²) in [6, 6.07) is 2.26. The Bertz CT molecular complexity index is 572. The van der Waals surface area contributed by atoms with Crippen molar-refractivity contribution in [1.82, 2.24) is 10.2 Å². The van der Waals surface area contributed by atoms with Crippen LogP contribution in [0.4, 0.5) is 5.82 Å². The van der Waals surface area contributed by atoms with Crippen LogP contribution in [0.25, 0.3) is 0 Å². The van der Waals surface area contributed by atoms with Gasteiger partial charge in [0, 0.05) is 13.1 Å². The van der Waals surface area contributed by atoms with E-state index in [4.69, 9.17) is 5.11 Å². The lowest BCUT2D eigenvalue weighted by Gasteiger charge is -2.31. The SMILES string of the molecule is CCc1nnc(N2CCC(C(=O)O)CC2)c(C#N)c1CC. The molecule has 1 aliphatic heterocycles. The summed E-state index contributed by atoms with van der Waals surface area (Å²) < 4.78 is 0. The van der Waals surface area contributed by atoms with Gasteiger partial charge in [-0.15, -0.1) is 5.10 Å². The second kappa shape index (κ2) is 6.53. The number of rotatable bonds is 4. The molecule has 1 fully saturated rings.